The monoisotopic (exact) mass is 322 g/mol. The summed E-state index contributed by atoms with van der Waals surface area (Å²) in [5.41, 5.74) is 0.586. The van der Waals surface area contributed by atoms with E-state index in [0.29, 0.717) is 31.6 Å². The van der Waals surface area contributed by atoms with E-state index in [9.17, 15) is 19.7 Å². The van der Waals surface area contributed by atoms with E-state index in [-0.39, 0.29) is 17.3 Å². The molecule has 2 rings (SSSR count). The Bertz CT molecular complexity index is 610. The van der Waals surface area contributed by atoms with Crippen molar-refractivity contribution in [3.63, 3.8) is 0 Å². The largest absolute Gasteiger partial charge is 0.455 e. The average Bonchev–Trinajstić information content (AvgIpc) is 2.55. The van der Waals surface area contributed by atoms with Gasteiger partial charge in [0.15, 0.2) is 6.61 Å². The Morgan fingerprint density at radius 2 is 2.09 bits per heavy atom. The van der Waals surface area contributed by atoms with E-state index in [4.69, 9.17) is 9.47 Å². The van der Waals surface area contributed by atoms with Crippen LogP contribution in [0.2, 0.25) is 0 Å². The second-order valence-electron chi connectivity index (χ2n) is 5.32. The Morgan fingerprint density at radius 1 is 1.39 bits per heavy atom. The van der Waals surface area contributed by atoms with E-state index in [1.54, 1.807) is 13.0 Å². The maximum atomic E-state index is 11.8. The molecule has 1 aliphatic rings. The van der Waals surface area contributed by atoms with Gasteiger partial charge in [-0.15, -0.1) is 0 Å². The van der Waals surface area contributed by atoms with Crippen LogP contribution in [-0.4, -0.2) is 36.6 Å². The molecule has 0 saturated carbocycles. The number of hydrogen-bond acceptors (Lipinski definition) is 6. The normalized spacial score (nSPS) is 15.0. The van der Waals surface area contributed by atoms with Crippen molar-refractivity contribution in [1.82, 2.24) is 0 Å². The first-order valence-electron chi connectivity index (χ1n) is 7.26. The molecule has 1 aromatic carbocycles. The molecular weight excluding hydrogens is 304 g/mol. The number of ether oxygens (including phenoxy) is 2. The summed E-state index contributed by atoms with van der Waals surface area (Å²) in [5, 5.41) is 13.4. The minimum Gasteiger partial charge on any atom is -0.455 e. The van der Waals surface area contributed by atoms with Crippen LogP contribution in [0.25, 0.3) is 0 Å². The van der Waals surface area contributed by atoms with Crippen molar-refractivity contribution >= 4 is 23.3 Å². The number of anilines is 1. The summed E-state index contributed by atoms with van der Waals surface area (Å²) in [6.45, 7) is 2.25. The van der Waals surface area contributed by atoms with Crippen molar-refractivity contribution in [2.45, 2.75) is 19.8 Å². The fourth-order valence-electron chi connectivity index (χ4n) is 2.27. The van der Waals surface area contributed by atoms with Gasteiger partial charge >= 0.3 is 5.97 Å². The van der Waals surface area contributed by atoms with E-state index in [1.165, 1.54) is 12.1 Å². The van der Waals surface area contributed by atoms with Crippen LogP contribution < -0.4 is 5.32 Å². The second kappa shape index (κ2) is 7.68. The van der Waals surface area contributed by atoms with Crippen LogP contribution in [0.5, 0.6) is 0 Å². The zero-order valence-electron chi connectivity index (χ0n) is 12.7. The van der Waals surface area contributed by atoms with Crippen molar-refractivity contribution in [2.75, 3.05) is 25.1 Å². The Hall–Kier alpha value is -2.48. The number of amides is 1. The topological polar surface area (TPSA) is 108 Å². The molecule has 0 spiro atoms. The van der Waals surface area contributed by atoms with Gasteiger partial charge in [0.05, 0.1) is 10.8 Å². The standard InChI is InChI=1S/C15H18N2O6/c1-10-2-3-12(13(8-10)17(20)21)16-14(18)9-23-15(19)11-4-6-22-7-5-11/h2-3,8,11H,4-7,9H2,1H3,(H,16,18). The van der Waals surface area contributed by atoms with Gasteiger partial charge in [0.1, 0.15) is 5.69 Å². The van der Waals surface area contributed by atoms with Gasteiger partial charge in [-0.1, -0.05) is 6.07 Å². The molecule has 0 aromatic heterocycles. The lowest BCUT2D eigenvalue weighted by atomic mass is 10.0. The van der Waals surface area contributed by atoms with E-state index in [2.05, 4.69) is 5.32 Å². The van der Waals surface area contributed by atoms with Crippen LogP contribution in [-0.2, 0) is 19.1 Å². The zero-order chi connectivity index (χ0) is 16.8. The van der Waals surface area contributed by atoms with Crippen LogP contribution in [0.3, 0.4) is 0 Å². The highest BCUT2D eigenvalue weighted by atomic mass is 16.6. The number of carbonyl (C=O) groups is 2. The number of hydrogen-bond donors (Lipinski definition) is 1. The molecule has 8 heteroatoms. The number of carbonyl (C=O) groups excluding carboxylic acids is 2. The molecule has 1 saturated heterocycles. The number of nitrogens with zero attached hydrogens (tertiary/aromatic N) is 1. The summed E-state index contributed by atoms with van der Waals surface area (Å²) in [5.74, 6) is -1.32. The van der Waals surface area contributed by atoms with Crippen molar-refractivity contribution in [1.29, 1.82) is 0 Å². The van der Waals surface area contributed by atoms with Crippen molar-refractivity contribution in [3.8, 4) is 0 Å². The molecule has 23 heavy (non-hydrogen) atoms. The minimum atomic E-state index is -0.614. The lowest BCUT2D eigenvalue weighted by Gasteiger charge is -2.20. The fraction of sp³-hybridized carbons (Fsp3) is 0.467. The molecule has 8 nitrogen and oxygen atoms in total. The molecule has 1 fully saturated rings. The van der Waals surface area contributed by atoms with Crippen LogP contribution in [0.1, 0.15) is 18.4 Å². The van der Waals surface area contributed by atoms with Crippen molar-refractivity contribution < 1.29 is 24.0 Å². The lowest BCUT2D eigenvalue weighted by molar-refractivity contribution is -0.384. The summed E-state index contributed by atoms with van der Waals surface area (Å²) >= 11 is 0. The highest BCUT2D eigenvalue weighted by Gasteiger charge is 2.24. The summed E-state index contributed by atoms with van der Waals surface area (Å²) < 4.78 is 10.1. The Kier molecular flexibility index (Phi) is 5.64. The van der Waals surface area contributed by atoms with Crippen LogP contribution in [0, 0.1) is 23.0 Å². The number of esters is 1. The molecular formula is C15H18N2O6. The van der Waals surface area contributed by atoms with Crippen molar-refractivity contribution in [2.24, 2.45) is 5.92 Å². The number of nitrogens with one attached hydrogen (secondary N) is 1. The maximum Gasteiger partial charge on any atom is 0.309 e. The third kappa shape index (κ3) is 4.75. The van der Waals surface area contributed by atoms with Gasteiger partial charge in [0.25, 0.3) is 11.6 Å². The Labute approximate surface area is 132 Å². The van der Waals surface area contributed by atoms with Gasteiger partial charge in [-0.2, -0.15) is 0 Å². The predicted octanol–water partition coefficient (Wildman–Crippen LogP) is 1.81. The quantitative estimate of drug-likeness (QED) is 0.503. The molecule has 1 aliphatic heterocycles. The van der Waals surface area contributed by atoms with Gasteiger partial charge in [0.2, 0.25) is 0 Å². The number of benzene rings is 1. The first kappa shape index (κ1) is 16.9. The first-order chi connectivity index (χ1) is 11.0. The fourth-order valence-corrected chi connectivity index (χ4v) is 2.27. The molecule has 1 heterocycles. The number of nitro groups is 1. The van der Waals surface area contributed by atoms with Crippen molar-refractivity contribution in [3.05, 3.63) is 33.9 Å². The summed E-state index contributed by atoms with van der Waals surface area (Å²) in [6.07, 6.45) is 1.15. The minimum absolute atomic E-state index is 0.0766. The zero-order valence-corrected chi connectivity index (χ0v) is 12.7. The maximum absolute atomic E-state index is 11.8. The molecule has 0 radical (unpaired) electrons. The van der Waals surface area contributed by atoms with Gasteiger partial charge in [-0.05, 0) is 31.4 Å². The average molecular weight is 322 g/mol. The SMILES string of the molecule is Cc1ccc(NC(=O)COC(=O)C2CCOCC2)c([N+](=O)[O-])c1. The first-order valence-corrected chi connectivity index (χ1v) is 7.26. The number of nitro benzene ring substituents is 1. The summed E-state index contributed by atoms with van der Waals surface area (Å²) in [4.78, 5) is 34.0. The van der Waals surface area contributed by atoms with Crippen LogP contribution in [0.15, 0.2) is 18.2 Å². The Balaban J connectivity index is 1.90. The smallest absolute Gasteiger partial charge is 0.309 e. The lowest BCUT2D eigenvalue weighted by Crippen LogP contribution is -2.28. The van der Waals surface area contributed by atoms with Gasteiger partial charge in [-0.25, -0.2) is 0 Å². The van der Waals surface area contributed by atoms with Crippen LogP contribution >= 0.6 is 0 Å². The molecule has 0 atom stereocenters. The highest BCUT2D eigenvalue weighted by molar-refractivity contribution is 5.95. The molecule has 0 aliphatic carbocycles. The Morgan fingerprint density at radius 3 is 2.74 bits per heavy atom. The number of rotatable bonds is 5. The van der Waals surface area contributed by atoms with E-state index < -0.39 is 23.4 Å². The second-order valence-corrected chi connectivity index (χ2v) is 5.32. The third-order valence-corrected chi connectivity index (χ3v) is 3.52. The van der Waals surface area contributed by atoms with Gasteiger partial charge < -0.3 is 14.8 Å². The third-order valence-electron chi connectivity index (χ3n) is 3.52. The summed E-state index contributed by atoms with van der Waals surface area (Å²) in [6, 6.07) is 4.46. The van der Waals surface area contributed by atoms with E-state index in [0.717, 1.165) is 0 Å². The summed E-state index contributed by atoms with van der Waals surface area (Å²) in [7, 11) is 0. The molecule has 0 unspecified atom stereocenters. The predicted molar refractivity (Wildman–Crippen MR) is 81.0 cm³/mol. The van der Waals surface area contributed by atoms with Crippen LogP contribution in [0.4, 0.5) is 11.4 Å². The number of aryl methyl sites for hydroxylation is 1. The van der Waals surface area contributed by atoms with E-state index >= 15 is 0 Å². The molecule has 1 N–H and O–H groups in total. The highest BCUT2D eigenvalue weighted by Crippen LogP contribution is 2.25. The van der Waals surface area contributed by atoms with Gasteiger partial charge in [0, 0.05) is 19.3 Å². The molecule has 1 aromatic rings. The molecule has 0 bridgehead atoms. The van der Waals surface area contributed by atoms with E-state index in [1.807, 2.05) is 0 Å². The molecule has 1 amide bonds. The van der Waals surface area contributed by atoms with Gasteiger partial charge in [-0.3, -0.25) is 19.7 Å². The molecule has 124 valence electrons.